The number of carbonyl (C=O) groups excluding carboxylic acids is 1. The molecule has 33 heavy (non-hydrogen) atoms. The van der Waals surface area contributed by atoms with Crippen LogP contribution in [0.2, 0.25) is 0 Å². The van der Waals surface area contributed by atoms with Gasteiger partial charge in [0.15, 0.2) is 0 Å². The van der Waals surface area contributed by atoms with E-state index in [1.807, 2.05) is 41.1 Å². The minimum absolute atomic E-state index is 0.172. The van der Waals surface area contributed by atoms with Crippen molar-refractivity contribution in [2.75, 3.05) is 13.1 Å². The lowest BCUT2D eigenvalue weighted by atomic mass is 9.91. The molecule has 1 aliphatic heterocycles. The highest BCUT2D eigenvalue weighted by atomic mass is 16.3. The van der Waals surface area contributed by atoms with Crippen LogP contribution in [0.5, 0.6) is 0 Å². The predicted octanol–water partition coefficient (Wildman–Crippen LogP) is 2.46. The molecule has 0 aliphatic carbocycles. The van der Waals surface area contributed by atoms with Gasteiger partial charge in [-0.25, -0.2) is 4.98 Å². The summed E-state index contributed by atoms with van der Waals surface area (Å²) in [5.41, 5.74) is 2.96. The highest BCUT2D eigenvalue weighted by molar-refractivity contribution is 5.94. The van der Waals surface area contributed by atoms with Crippen LogP contribution in [-0.4, -0.2) is 53.7 Å². The van der Waals surface area contributed by atoms with Crippen LogP contribution in [0.15, 0.2) is 72.0 Å². The number of rotatable bonds is 4. The van der Waals surface area contributed by atoms with Gasteiger partial charge in [0, 0.05) is 62.1 Å². The van der Waals surface area contributed by atoms with Crippen molar-refractivity contribution in [1.29, 1.82) is 0 Å². The lowest BCUT2D eigenvalue weighted by Gasteiger charge is -2.38. The SMILES string of the molecule is Cn1ccc(C(=O)N2CCC(O)(Cn3ccc4nc(-c5ccncc5)ccc43)CC2)cc1=O. The first-order chi connectivity index (χ1) is 15.9. The van der Waals surface area contributed by atoms with E-state index < -0.39 is 5.60 Å². The summed E-state index contributed by atoms with van der Waals surface area (Å²) >= 11 is 0. The Morgan fingerprint density at radius 2 is 1.82 bits per heavy atom. The number of aromatic nitrogens is 4. The molecule has 1 N–H and O–H groups in total. The number of pyridine rings is 3. The number of likely N-dealkylation sites (tertiary alicyclic amines) is 1. The Hall–Kier alpha value is -3.78. The zero-order valence-corrected chi connectivity index (χ0v) is 18.4. The molecule has 0 bridgehead atoms. The van der Waals surface area contributed by atoms with Gasteiger partial charge < -0.3 is 19.1 Å². The Morgan fingerprint density at radius 1 is 1.06 bits per heavy atom. The molecule has 8 heteroatoms. The second-order valence-electron chi connectivity index (χ2n) is 8.66. The first-order valence-electron chi connectivity index (χ1n) is 11.0. The van der Waals surface area contributed by atoms with Crippen LogP contribution < -0.4 is 5.56 Å². The third-order valence-corrected chi connectivity index (χ3v) is 6.40. The number of nitrogens with zero attached hydrogens (tertiary/aromatic N) is 5. The molecule has 0 spiro atoms. The molecule has 4 aromatic rings. The normalized spacial score (nSPS) is 15.6. The fraction of sp³-hybridized carbons (Fsp3) is 0.280. The highest BCUT2D eigenvalue weighted by Crippen LogP contribution is 2.28. The largest absolute Gasteiger partial charge is 0.388 e. The molecule has 5 heterocycles. The second kappa shape index (κ2) is 8.29. The topological polar surface area (TPSA) is 93.2 Å². The van der Waals surface area contributed by atoms with Gasteiger partial charge in [0.25, 0.3) is 11.5 Å². The first-order valence-corrected chi connectivity index (χ1v) is 11.0. The number of hydrogen-bond acceptors (Lipinski definition) is 5. The number of aryl methyl sites for hydroxylation is 1. The molecule has 168 valence electrons. The quantitative estimate of drug-likeness (QED) is 0.523. The van der Waals surface area contributed by atoms with Gasteiger partial charge in [-0.15, -0.1) is 0 Å². The van der Waals surface area contributed by atoms with Crippen molar-refractivity contribution >= 4 is 16.9 Å². The molecule has 0 atom stereocenters. The van der Waals surface area contributed by atoms with E-state index in [1.54, 1.807) is 36.6 Å². The summed E-state index contributed by atoms with van der Waals surface area (Å²) in [5.74, 6) is -0.172. The summed E-state index contributed by atoms with van der Waals surface area (Å²) in [5, 5.41) is 11.2. The Morgan fingerprint density at radius 3 is 2.55 bits per heavy atom. The van der Waals surface area contributed by atoms with E-state index in [9.17, 15) is 14.7 Å². The van der Waals surface area contributed by atoms with E-state index in [1.165, 1.54) is 10.6 Å². The van der Waals surface area contributed by atoms with E-state index in [2.05, 4.69) is 4.98 Å². The van der Waals surface area contributed by atoms with E-state index in [0.717, 1.165) is 22.3 Å². The number of carbonyl (C=O) groups is 1. The number of hydrogen-bond donors (Lipinski definition) is 1. The fourth-order valence-electron chi connectivity index (χ4n) is 4.36. The van der Waals surface area contributed by atoms with Gasteiger partial charge in [0.1, 0.15) is 0 Å². The zero-order valence-electron chi connectivity index (χ0n) is 18.4. The molecule has 0 unspecified atom stereocenters. The number of aliphatic hydroxyl groups is 1. The van der Waals surface area contributed by atoms with Gasteiger partial charge in [0.05, 0.1) is 28.9 Å². The molecule has 1 amide bonds. The van der Waals surface area contributed by atoms with E-state index in [-0.39, 0.29) is 11.5 Å². The zero-order chi connectivity index (χ0) is 23.0. The maximum atomic E-state index is 12.8. The summed E-state index contributed by atoms with van der Waals surface area (Å²) in [4.78, 5) is 35.2. The third kappa shape index (κ3) is 4.17. The standard InChI is InChI=1S/C25H25N5O3/c1-28-12-6-19(16-23(28)31)24(32)29-14-8-25(33,9-15-29)17-30-13-7-21-22(30)3-2-20(27-21)18-4-10-26-11-5-18/h2-7,10-13,16,33H,8-9,14-15,17H2,1H3. The molecule has 4 aromatic heterocycles. The molecular weight excluding hydrogens is 418 g/mol. The van der Waals surface area contributed by atoms with E-state index in [4.69, 9.17) is 4.98 Å². The van der Waals surface area contributed by atoms with Crippen LogP contribution in [-0.2, 0) is 13.6 Å². The minimum atomic E-state index is -0.917. The number of fused-ring (bicyclic) bond motifs is 1. The Kier molecular flexibility index (Phi) is 5.30. The van der Waals surface area contributed by atoms with Crippen molar-refractivity contribution in [1.82, 2.24) is 24.0 Å². The van der Waals surface area contributed by atoms with Crippen LogP contribution in [0.25, 0.3) is 22.3 Å². The maximum absolute atomic E-state index is 12.8. The van der Waals surface area contributed by atoms with Crippen molar-refractivity contribution in [2.45, 2.75) is 25.0 Å². The van der Waals surface area contributed by atoms with Gasteiger partial charge in [-0.1, -0.05) is 0 Å². The molecule has 1 fully saturated rings. The van der Waals surface area contributed by atoms with Crippen LogP contribution in [0.3, 0.4) is 0 Å². The Bertz CT molecular complexity index is 1370. The third-order valence-electron chi connectivity index (χ3n) is 6.40. The van der Waals surface area contributed by atoms with Crippen molar-refractivity contribution in [3.8, 4) is 11.3 Å². The van der Waals surface area contributed by atoms with Gasteiger partial charge in [-0.3, -0.25) is 14.6 Å². The lowest BCUT2D eigenvalue weighted by Crippen LogP contribution is -2.48. The smallest absolute Gasteiger partial charge is 0.254 e. The highest BCUT2D eigenvalue weighted by Gasteiger charge is 2.35. The molecule has 0 radical (unpaired) electrons. The van der Waals surface area contributed by atoms with E-state index in [0.29, 0.717) is 38.0 Å². The van der Waals surface area contributed by atoms with Crippen LogP contribution in [0.1, 0.15) is 23.2 Å². The van der Waals surface area contributed by atoms with Crippen LogP contribution in [0.4, 0.5) is 0 Å². The Balaban J connectivity index is 1.28. The lowest BCUT2D eigenvalue weighted by molar-refractivity contribution is -0.0283. The summed E-state index contributed by atoms with van der Waals surface area (Å²) < 4.78 is 3.46. The summed E-state index contributed by atoms with van der Waals surface area (Å²) in [6, 6.07) is 12.8. The van der Waals surface area contributed by atoms with Gasteiger partial charge in [-0.05, 0) is 49.2 Å². The average Bonchev–Trinajstić information content (AvgIpc) is 3.23. The van der Waals surface area contributed by atoms with Crippen molar-refractivity contribution < 1.29 is 9.90 Å². The summed E-state index contributed by atoms with van der Waals surface area (Å²) in [6.45, 7) is 1.31. The monoisotopic (exact) mass is 443 g/mol. The van der Waals surface area contributed by atoms with Gasteiger partial charge in [-0.2, -0.15) is 0 Å². The van der Waals surface area contributed by atoms with Crippen molar-refractivity contribution in [3.63, 3.8) is 0 Å². The molecule has 1 aliphatic rings. The molecule has 5 rings (SSSR count). The van der Waals surface area contributed by atoms with Crippen molar-refractivity contribution in [2.24, 2.45) is 7.05 Å². The van der Waals surface area contributed by atoms with Crippen LogP contribution in [0, 0.1) is 0 Å². The average molecular weight is 444 g/mol. The number of piperidine rings is 1. The van der Waals surface area contributed by atoms with Crippen LogP contribution >= 0.6 is 0 Å². The van der Waals surface area contributed by atoms with E-state index >= 15 is 0 Å². The summed E-state index contributed by atoms with van der Waals surface area (Å²) in [6.07, 6.45) is 7.97. The van der Waals surface area contributed by atoms with Gasteiger partial charge >= 0.3 is 0 Å². The first kappa shape index (κ1) is 21.1. The molecular formula is C25H25N5O3. The molecule has 1 saturated heterocycles. The summed E-state index contributed by atoms with van der Waals surface area (Å²) in [7, 11) is 1.65. The number of amides is 1. The maximum Gasteiger partial charge on any atom is 0.254 e. The molecule has 8 nitrogen and oxygen atoms in total. The Labute approximate surface area is 190 Å². The molecule has 0 aromatic carbocycles. The van der Waals surface area contributed by atoms with Gasteiger partial charge in [0.2, 0.25) is 0 Å². The van der Waals surface area contributed by atoms with Crippen molar-refractivity contribution in [3.05, 3.63) is 83.2 Å². The molecule has 0 saturated carbocycles. The second-order valence-corrected chi connectivity index (χ2v) is 8.66. The predicted molar refractivity (Wildman–Crippen MR) is 125 cm³/mol. The fourth-order valence-corrected chi connectivity index (χ4v) is 4.36. The minimum Gasteiger partial charge on any atom is -0.388 e.